The van der Waals surface area contributed by atoms with Crippen LogP contribution < -0.4 is 16.0 Å². The molecular weight excluding hydrogens is 290 g/mol. The minimum Gasteiger partial charge on any atom is -0.370 e. The van der Waals surface area contributed by atoms with E-state index < -0.39 is 0 Å². The fourth-order valence-corrected chi connectivity index (χ4v) is 3.03. The van der Waals surface area contributed by atoms with Gasteiger partial charge in [0.05, 0.1) is 5.69 Å². The molecule has 0 amide bonds. The van der Waals surface area contributed by atoms with E-state index in [0.29, 0.717) is 6.04 Å². The number of benzene rings is 1. The first-order valence-corrected chi connectivity index (χ1v) is 7.85. The Kier molecular flexibility index (Phi) is 4.73. The molecule has 6 heteroatoms. The van der Waals surface area contributed by atoms with Gasteiger partial charge in [-0.2, -0.15) is 4.98 Å². The molecule has 1 aromatic heterocycles. The number of nitrogens with zero attached hydrogens (tertiary/aromatic N) is 3. The highest BCUT2D eigenvalue weighted by atomic mass is 16.5. The molecule has 1 aliphatic rings. The number of likely N-dealkylation sites (N-methyl/N-ethyl adjacent to an activating group) is 1. The second kappa shape index (κ2) is 6.93. The maximum Gasteiger partial charge on any atom is 0.222 e. The van der Waals surface area contributed by atoms with Gasteiger partial charge in [-0.3, -0.25) is 0 Å². The van der Waals surface area contributed by atoms with Crippen LogP contribution in [0.1, 0.15) is 23.8 Å². The topological polar surface area (TPSA) is 76.3 Å². The van der Waals surface area contributed by atoms with Crippen molar-refractivity contribution in [3.05, 3.63) is 47.7 Å². The highest BCUT2D eigenvalue weighted by Gasteiger charge is 2.24. The van der Waals surface area contributed by atoms with E-state index in [1.54, 1.807) is 7.11 Å². The van der Waals surface area contributed by atoms with Crippen LogP contribution in [-0.4, -0.2) is 43.3 Å². The Hall–Kier alpha value is -2.18. The molecule has 23 heavy (non-hydrogen) atoms. The number of nitrogen functional groups attached to an aromatic ring is 1. The molecule has 6 nitrogen and oxygen atoms in total. The maximum atomic E-state index is 5.94. The highest BCUT2D eigenvalue weighted by Crippen LogP contribution is 2.28. The second-order valence-electron chi connectivity index (χ2n) is 5.76. The first kappa shape index (κ1) is 15.7. The average Bonchev–Trinajstić information content (AvgIpc) is 3.05. The van der Waals surface area contributed by atoms with Crippen molar-refractivity contribution in [2.24, 2.45) is 0 Å². The van der Waals surface area contributed by atoms with E-state index in [0.717, 1.165) is 36.6 Å². The smallest absolute Gasteiger partial charge is 0.222 e. The van der Waals surface area contributed by atoms with Crippen molar-refractivity contribution < 1.29 is 4.74 Å². The Balaban J connectivity index is 1.91. The predicted molar refractivity (Wildman–Crippen MR) is 91.4 cm³/mol. The van der Waals surface area contributed by atoms with Gasteiger partial charge in [-0.1, -0.05) is 30.3 Å². The van der Waals surface area contributed by atoms with E-state index in [1.165, 1.54) is 0 Å². The van der Waals surface area contributed by atoms with Crippen LogP contribution in [0.4, 0.5) is 11.8 Å². The van der Waals surface area contributed by atoms with Gasteiger partial charge in [0.15, 0.2) is 0 Å². The molecule has 1 aliphatic heterocycles. The van der Waals surface area contributed by atoms with E-state index in [1.807, 2.05) is 43.4 Å². The molecule has 2 atom stereocenters. The molecule has 2 heterocycles. The van der Waals surface area contributed by atoms with Gasteiger partial charge in [0, 0.05) is 32.3 Å². The standard InChI is InChI=1S/C17H23N5O/c1-19-13-8-9-22(11-13)15-10-14(20-17(18)21-15)16(23-2)12-6-4-3-5-7-12/h3-7,10,13,16,19H,8-9,11H2,1-2H3,(H2,18,20,21)/t13-,16?/m1/s1. The summed E-state index contributed by atoms with van der Waals surface area (Å²) in [6.07, 6.45) is 0.852. The zero-order valence-corrected chi connectivity index (χ0v) is 13.6. The Morgan fingerprint density at radius 1 is 1.30 bits per heavy atom. The average molecular weight is 313 g/mol. The first-order valence-electron chi connectivity index (χ1n) is 7.85. The third-order valence-electron chi connectivity index (χ3n) is 4.28. The van der Waals surface area contributed by atoms with Gasteiger partial charge >= 0.3 is 0 Å². The Morgan fingerprint density at radius 3 is 2.74 bits per heavy atom. The lowest BCUT2D eigenvalue weighted by molar-refractivity contribution is 0.133. The summed E-state index contributed by atoms with van der Waals surface area (Å²) in [5.41, 5.74) is 7.78. The van der Waals surface area contributed by atoms with Gasteiger partial charge in [0.1, 0.15) is 11.9 Å². The largest absolute Gasteiger partial charge is 0.370 e. The van der Waals surface area contributed by atoms with Crippen molar-refractivity contribution in [2.45, 2.75) is 18.6 Å². The number of methoxy groups -OCH3 is 1. The maximum absolute atomic E-state index is 5.94. The van der Waals surface area contributed by atoms with Crippen molar-refractivity contribution in [1.29, 1.82) is 0 Å². The molecule has 0 spiro atoms. The van der Waals surface area contributed by atoms with Gasteiger partial charge in [-0.05, 0) is 19.0 Å². The zero-order valence-electron chi connectivity index (χ0n) is 13.6. The third kappa shape index (κ3) is 3.43. The number of ether oxygens (including phenoxy) is 1. The van der Waals surface area contributed by atoms with Crippen LogP contribution in [0.25, 0.3) is 0 Å². The lowest BCUT2D eigenvalue weighted by Crippen LogP contribution is -2.30. The monoisotopic (exact) mass is 313 g/mol. The summed E-state index contributed by atoms with van der Waals surface area (Å²) >= 11 is 0. The first-order chi connectivity index (χ1) is 11.2. The fourth-order valence-electron chi connectivity index (χ4n) is 3.03. The quantitative estimate of drug-likeness (QED) is 0.873. The lowest BCUT2D eigenvalue weighted by atomic mass is 10.1. The normalized spacial score (nSPS) is 19.0. The molecule has 2 aromatic rings. The molecule has 3 N–H and O–H groups in total. The minimum atomic E-state index is -0.247. The van der Waals surface area contributed by atoms with Crippen LogP contribution in [0.15, 0.2) is 36.4 Å². The van der Waals surface area contributed by atoms with Crippen LogP contribution in [0.2, 0.25) is 0 Å². The minimum absolute atomic E-state index is 0.247. The van der Waals surface area contributed by atoms with E-state index in [-0.39, 0.29) is 12.1 Å². The molecule has 0 radical (unpaired) electrons. The number of hydrogen-bond donors (Lipinski definition) is 2. The summed E-state index contributed by atoms with van der Waals surface area (Å²) in [6, 6.07) is 12.5. The number of anilines is 2. The van der Waals surface area contributed by atoms with Gasteiger partial charge < -0.3 is 20.7 Å². The molecule has 3 rings (SSSR count). The van der Waals surface area contributed by atoms with E-state index in [4.69, 9.17) is 10.5 Å². The van der Waals surface area contributed by atoms with E-state index >= 15 is 0 Å². The number of rotatable bonds is 5. The van der Waals surface area contributed by atoms with Crippen LogP contribution in [0.5, 0.6) is 0 Å². The third-order valence-corrected chi connectivity index (χ3v) is 4.28. The van der Waals surface area contributed by atoms with Crippen molar-refractivity contribution >= 4 is 11.8 Å². The van der Waals surface area contributed by atoms with Gasteiger partial charge in [-0.25, -0.2) is 4.98 Å². The van der Waals surface area contributed by atoms with E-state index in [2.05, 4.69) is 20.2 Å². The molecule has 1 unspecified atom stereocenters. The predicted octanol–water partition coefficient (Wildman–Crippen LogP) is 1.59. The van der Waals surface area contributed by atoms with Gasteiger partial charge in [0.2, 0.25) is 5.95 Å². The van der Waals surface area contributed by atoms with Crippen LogP contribution >= 0.6 is 0 Å². The summed E-state index contributed by atoms with van der Waals surface area (Å²) in [5, 5.41) is 3.31. The molecule has 1 saturated heterocycles. The summed E-state index contributed by atoms with van der Waals surface area (Å²) in [7, 11) is 3.67. The summed E-state index contributed by atoms with van der Waals surface area (Å²) in [4.78, 5) is 11.0. The highest BCUT2D eigenvalue weighted by molar-refractivity contribution is 5.46. The number of nitrogens with one attached hydrogen (secondary N) is 1. The van der Waals surface area contributed by atoms with Gasteiger partial charge in [-0.15, -0.1) is 0 Å². The number of hydrogen-bond acceptors (Lipinski definition) is 6. The summed E-state index contributed by atoms with van der Waals surface area (Å²) in [6.45, 7) is 1.89. The van der Waals surface area contributed by atoms with Crippen molar-refractivity contribution in [3.63, 3.8) is 0 Å². The molecule has 0 aliphatic carbocycles. The Morgan fingerprint density at radius 2 is 2.09 bits per heavy atom. The van der Waals surface area contributed by atoms with Crippen LogP contribution in [-0.2, 0) is 4.74 Å². The molecule has 122 valence electrons. The number of aromatic nitrogens is 2. The van der Waals surface area contributed by atoms with E-state index in [9.17, 15) is 0 Å². The van der Waals surface area contributed by atoms with Crippen LogP contribution in [0.3, 0.4) is 0 Å². The Labute approximate surface area is 136 Å². The van der Waals surface area contributed by atoms with Crippen molar-refractivity contribution in [1.82, 2.24) is 15.3 Å². The van der Waals surface area contributed by atoms with Crippen molar-refractivity contribution in [2.75, 3.05) is 37.9 Å². The van der Waals surface area contributed by atoms with Gasteiger partial charge in [0.25, 0.3) is 0 Å². The fraction of sp³-hybridized carbons (Fsp3) is 0.412. The lowest BCUT2D eigenvalue weighted by Gasteiger charge is -2.21. The molecule has 0 saturated carbocycles. The van der Waals surface area contributed by atoms with Crippen LogP contribution in [0, 0.1) is 0 Å². The molecule has 1 fully saturated rings. The Bertz CT molecular complexity index is 649. The zero-order chi connectivity index (χ0) is 16.2. The van der Waals surface area contributed by atoms with Crippen molar-refractivity contribution in [3.8, 4) is 0 Å². The molecular formula is C17H23N5O. The molecule has 0 bridgehead atoms. The second-order valence-corrected chi connectivity index (χ2v) is 5.76. The summed E-state index contributed by atoms with van der Waals surface area (Å²) in [5.74, 6) is 1.15. The molecule has 1 aromatic carbocycles. The SMILES string of the molecule is CN[C@@H]1CCN(c2cc(C(OC)c3ccccc3)nc(N)n2)C1. The summed E-state index contributed by atoms with van der Waals surface area (Å²) < 4.78 is 5.66. The number of nitrogens with two attached hydrogens (primary N) is 1.